The second kappa shape index (κ2) is 7.93. The van der Waals surface area contributed by atoms with Crippen LogP contribution in [0.2, 0.25) is 0 Å². The van der Waals surface area contributed by atoms with Crippen LogP contribution in [0, 0.1) is 0 Å². The zero-order valence-electron chi connectivity index (χ0n) is 15.8. The van der Waals surface area contributed by atoms with Crippen LogP contribution >= 0.6 is 11.8 Å². The molecule has 0 atom stereocenters. The molecule has 0 bridgehead atoms. The second-order valence-corrected chi connectivity index (χ2v) is 7.25. The predicted octanol–water partition coefficient (Wildman–Crippen LogP) is 1.28. The van der Waals surface area contributed by atoms with E-state index in [0.717, 1.165) is 11.0 Å². The number of carbonyl (C=O) groups is 1. The van der Waals surface area contributed by atoms with E-state index in [-0.39, 0.29) is 17.4 Å². The number of thioether (sulfide) groups is 1. The molecule has 1 amide bonds. The molecule has 3 rings (SSSR count). The van der Waals surface area contributed by atoms with E-state index in [1.807, 2.05) is 6.92 Å². The molecule has 148 valence electrons. The van der Waals surface area contributed by atoms with Gasteiger partial charge in [0.15, 0.2) is 16.3 Å². The molecule has 0 saturated heterocycles. The smallest absolute Gasteiger partial charge is 0.332 e. The first-order chi connectivity index (χ1) is 13.3. The molecule has 0 aliphatic heterocycles. The molecule has 2 heterocycles. The summed E-state index contributed by atoms with van der Waals surface area (Å²) >= 11 is 1.19. The molecular formula is C18H21N5O4S. The molecule has 0 aliphatic carbocycles. The van der Waals surface area contributed by atoms with E-state index in [1.54, 1.807) is 23.7 Å². The monoisotopic (exact) mass is 403 g/mol. The lowest BCUT2D eigenvalue weighted by molar-refractivity contribution is -0.113. The molecule has 0 radical (unpaired) electrons. The maximum Gasteiger partial charge on any atom is 0.332 e. The van der Waals surface area contributed by atoms with Crippen molar-refractivity contribution in [3.63, 3.8) is 0 Å². The van der Waals surface area contributed by atoms with Crippen LogP contribution in [0.5, 0.6) is 5.75 Å². The van der Waals surface area contributed by atoms with Crippen molar-refractivity contribution in [2.75, 3.05) is 11.1 Å². The highest BCUT2D eigenvalue weighted by Gasteiger charge is 2.19. The highest BCUT2D eigenvalue weighted by molar-refractivity contribution is 7.99. The number of imidazole rings is 1. The van der Waals surface area contributed by atoms with Gasteiger partial charge in [0.2, 0.25) is 5.91 Å². The molecule has 10 heteroatoms. The molecule has 1 aromatic carbocycles. The largest absolute Gasteiger partial charge is 0.508 e. The summed E-state index contributed by atoms with van der Waals surface area (Å²) in [7, 11) is 3.00. The Morgan fingerprint density at radius 1 is 1.25 bits per heavy atom. The van der Waals surface area contributed by atoms with E-state index in [4.69, 9.17) is 0 Å². The predicted molar refractivity (Wildman–Crippen MR) is 108 cm³/mol. The van der Waals surface area contributed by atoms with Crippen molar-refractivity contribution in [2.24, 2.45) is 14.1 Å². The minimum Gasteiger partial charge on any atom is -0.508 e. The zero-order chi connectivity index (χ0) is 20.4. The summed E-state index contributed by atoms with van der Waals surface area (Å²) in [5.74, 6) is -0.142. The van der Waals surface area contributed by atoms with Gasteiger partial charge in [-0.3, -0.25) is 18.7 Å². The fraction of sp³-hybridized carbons (Fsp3) is 0.333. The number of phenols is 1. The van der Waals surface area contributed by atoms with E-state index in [9.17, 15) is 19.5 Å². The fourth-order valence-corrected chi connectivity index (χ4v) is 3.70. The number of nitrogens with zero attached hydrogens (tertiary/aromatic N) is 4. The summed E-state index contributed by atoms with van der Waals surface area (Å²) in [4.78, 5) is 41.5. The Kier molecular flexibility index (Phi) is 5.59. The number of amides is 1. The van der Waals surface area contributed by atoms with Gasteiger partial charge in [0.1, 0.15) is 5.75 Å². The minimum atomic E-state index is -0.447. The standard InChI is InChI=1S/C18H21N5O4S/c1-4-8-23-14-15(21(2)18(27)22(3)16(14)26)20-17(23)28-10-13(25)19-11-6-5-7-12(24)9-11/h5-7,9,24H,4,8,10H2,1-3H3,(H,19,25). The number of anilines is 1. The van der Waals surface area contributed by atoms with E-state index in [1.165, 1.54) is 35.5 Å². The summed E-state index contributed by atoms with van der Waals surface area (Å²) in [6.45, 7) is 2.52. The highest BCUT2D eigenvalue weighted by atomic mass is 32.2. The Labute approximate surface area is 164 Å². The maximum atomic E-state index is 12.6. The molecule has 0 saturated carbocycles. The number of aromatic nitrogens is 4. The number of carbonyl (C=O) groups excluding carboxylic acids is 1. The van der Waals surface area contributed by atoms with Crippen molar-refractivity contribution in [3.05, 3.63) is 45.1 Å². The molecule has 0 unspecified atom stereocenters. The Bertz CT molecular complexity index is 1160. The first-order valence-corrected chi connectivity index (χ1v) is 9.70. The number of hydrogen-bond donors (Lipinski definition) is 2. The van der Waals surface area contributed by atoms with Gasteiger partial charge in [-0.15, -0.1) is 0 Å². The third-order valence-corrected chi connectivity index (χ3v) is 5.20. The molecule has 28 heavy (non-hydrogen) atoms. The summed E-state index contributed by atoms with van der Waals surface area (Å²) in [5.41, 5.74) is 0.288. The van der Waals surface area contributed by atoms with E-state index in [2.05, 4.69) is 10.3 Å². The Morgan fingerprint density at radius 2 is 2.00 bits per heavy atom. The van der Waals surface area contributed by atoms with E-state index in [0.29, 0.717) is 28.6 Å². The average molecular weight is 403 g/mol. The third-order valence-electron chi connectivity index (χ3n) is 4.22. The lowest BCUT2D eigenvalue weighted by Gasteiger charge is -2.08. The van der Waals surface area contributed by atoms with Crippen molar-refractivity contribution in [2.45, 2.75) is 25.0 Å². The summed E-state index contributed by atoms with van der Waals surface area (Å²) in [6, 6.07) is 6.28. The van der Waals surface area contributed by atoms with Crippen LogP contribution in [0.1, 0.15) is 13.3 Å². The Balaban J connectivity index is 1.90. The van der Waals surface area contributed by atoms with Crippen LogP contribution in [0.4, 0.5) is 5.69 Å². The molecule has 2 aromatic heterocycles. The van der Waals surface area contributed by atoms with Crippen LogP contribution in [0.3, 0.4) is 0 Å². The van der Waals surface area contributed by atoms with Crippen molar-refractivity contribution in [1.29, 1.82) is 0 Å². The molecule has 0 fully saturated rings. The van der Waals surface area contributed by atoms with Crippen molar-refractivity contribution >= 4 is 34.5 Å². The van der Waals surface area contributed by atoms with Gasteiger partial charge < -0.3 is 15.0 Å². The van der Waals surface area contributed by atoms with Gasteiger partial charge in [0.05, 0.1) is 5.75 Å². The van der Waals surface area contributed by atoms with Gasteiger partial charge in [0.25, 0.3) is 5.56 Å². The van der Waals surface area contributed by atoms with Crippen LogP contribution in [0.25, 0.3) is 11.2 Å². The average Bonchev–Trinajstić information content (AvgIpc) is 3.02. The van der Waals surface area contributed by atoms with Gasteiger partial charge in [-0.2, -0.15) is 0 Å². The maximum absolute atomic E-state index is 12.6. The number of benzene rings is 1. The molecule has 2 N–H and O–H groups in total. The number of fused-ring (bicyclic) bond motifs is 1. The quantitative estimate of drug-likeness (QED) is 0.600. The first-order valence-electron chi connectivity index (χ1n) is 8.71. The van der Waals surface area contributed by atoms with Crippen molar-refractivity contribution < 1.29 is 9.90 Å². The number of rotatable bonds is 6. The number of aromatic hydroxyl groups is 1. The number of hydrogen-bond acceptors (Lipinski definition) is 6. The number of phenolic OH excluding ortho intramolecular Hbond substituents is 1. The van der Waals surface area contributed by atoms with Crippen LogP contribution in [0.15, 0.2) is 39.0 Å². The lowest BCUT2D eigenvalue weighted by atomic mass is 10.3. The SMILES string of the molecule is CCCn1c(SCC(=O)Nc2cccc(O)c2)nc2c1c(=O)n(C)c(=O)n2C. The Hall–Kier alpha value is -3.01. The first kappa shape index (κ1) is 19.7. The van der Waals surface area contributed by atoms with Gasteiger partial charge in [-0.05, 0) is 18.6 Å². The molecule has 9 nitrogen and oxygen atoms in total. The molecule has 3 aromatic rings. The summed E-state index contributed by atoms with van der Waals surface area (Å²) in [5, 5.41) is 12.7. The van der Waals surface area contributed by atoms with Gasteiger partial charge >= 0.3 is 5.69 Å². The summed E-state index contributed by atoms with van der Waals surface area (Å²) < 4.78 is 4.14. The van der Waals surface area contributed by atoms with Crippen LogP contribution in [-0.2, 0) is 25.4 Å². The lowest BCUT2D eigenvalue weighted by Crippen LogP contribution is -2.37. The van der Waals surface area contributed by atoms with Crippen LogP contribution in [-0.4, -0.2) is 35.5 Å². The van der Waals surface area contributed by atoms with E-state index >= 15 is 0 Å². The highest BCUT2D eigenvalue weighted by Crippen LogP contribution is 2.23. The molecule has 0 spiro atoms. The molecule has 0 aliphatic rings. The fourth-order valence-electron chi connectivity index (χ4n) is 2.88. The van der Waals surface area contributed by atoms with E-state index < -0.39 is 11.2 Å². The molecular weight excluding hydrogens is 382 g/mol. The topological polar surface area (TPSA) is 111 Å². The number of nitrogens with one attached hydrogen (secondary N) is 1. The van der Waals surface area contributed by atoms with Crippen molar-refractivity contribution in [1.82, 2.24) is 18.7 Å². The minimum absolute atomic E-state index is 0.0620. The van der Waals surface area contributed by atoms with Gasteiger partial charge in [-0.25, -0.2) is 9.78 Å². The van der Waals surface area contributed by atoms with Crippen molar-refractivity contribution in [3.8, 4) is 5.75 Å². The van der Waals surface area contributed by atoms with Gasteiger partial charge in [-0.1, -0.05) is 24.8 Å². The van der Waals surface area contributed by atoms with Crippen LogP contribution < -0.4 is 16.6 Å². The second-order valence-electron chi connectivity index (χ2n) is 6.31. The normalized spacial score (nSPS) is 11.1. The number of aryl methyl sites for hydroxylation is 2. The Morgan fingerprint density at radius 3 is 2.68 bits per heavy atom. The zero-order valence-corrected chi connectivity index (χ0v) is 16.6. The third kappa shape index (κ3) is 3.68. The van der Waals surface area contributed by atoms with Gasteiger partial charge in [0, 0.05) is 32.4 Å². The summed E-state index contributed by atoms with van der Waals surface area (Å²) in [6.07, 6.45) is 0.764.